The van der Waals surface area contributed by atoms with Gasteiger partial charge < -0.3 is 25.0 Å². The van der Waals surface area contributed by atoms with Gasteiger partial charge in [-0.3, -0.25) is 14.9 Å². The minimum Gasteiger partial charge on any atom is -0.496 e. The minimum absolute atomic E-state index is 0.0186. The van der Waals surface area contributed by atoms with E-state index in [2.05, 4.69) is 20.9 Å². The fourth-order valence-electron chi connectivity index (χ4n) is 5.68. The first kappa shape index (κ1) is 31.2. The Morgan fingerprint density at radius 2 is 1.81 bits per heavy atom. The third-order valence-electron chi connectivity index (χ3n) is 8.29. The number of aryl methyl sites for hydroxylation is 1. The molecule has 11 nitrogen and oxygen atoms in total. The van der Waals surface area contributed by atoms with Gasteiger partial charge in [-0.2, -0.15) is 0 Å². The number of piperidine rings is 1. The number of imide groups is 1. The van der Waals surface area contributed by atoms with Gasteiger partial charge in [0.15, 0.2) is 0 Å². The van der Waals surface area contributed by atoms with Crippen LogP contribution in [-0.4, -0.2) is 94.9 Å². The second-order valence-electron chi connectivity index (χ2n) is 11.6. The maximum absolute atomic E-state index is 12.9. The fraction of sp³-hybridized carbons (Fsp3) is 0.548. The molecule has 1 unspecified atom stereocenters. The standard InChI is InChI=1S/C31H43N5O6S/c1-22-5-3-4-6-28(22)35-17-13-33-27(21-35)31(38)34-30(37)19-23-7-10-26(20-29(23)41-2)42-25-11-15-36(16-12-25)43(39,40)18-14-32-24-8-9-24/h3-7,10,20,24-25,27,32-33H,8-9,11-19,21H2,1-2H3,(H,34,37,38). The molecule has 2 amide bonds. The number of benzene rings is 2. The van der Waals surface area contributed by atoms with Crippen molar-refractivity contribution >= 4 is 27.5 Å². The van der Waals surface area contributed by atoms with E-state index in [1.165, 1.54) is 7.11 Å². The minimum atomic E-state index is -3.28. The number of piperazine rings is 1. The first-order chi connectivity index (χ1) is 20.7. The van der Waals surface area contributed by atoms with E-state index >= 15 is 0 Å². The Morgan fingerprint density at radius 3 is 2.53 bits per heavy atom. The van der Waals surface area contributed by atoms with E-state index in [4.69, 9.17) is 9.47 Å². The molecule has 2 aromatic carbocycles. The van der Waals surface area contributed by atoms with Gasteiger partial charge in [0.1, 0.15) is 23.6 Å². The smallest absolute Gasteiger partial charge is 0.245 e. The molecule has 2 aromatic rings. The van der Waals surface area contributed by atoms with Crippen LogP contribution >= 0.6 is 0 Å². The van der Waals surface area contributed by atoms with Crippen molar-refractivity contribution in [1.29, 1.82) is 0 Å². The van der Waals surface area contributed by atoms with Gasteiger partial charge >= 0.3 is 0 Å². The van der Waals surface area contributed by atoms with Crippen LogP contribution in [0.5, 0.6) is 11.5 Å². The Morgan fingerprint density at radius 1 is 1.05 bits per heavy atom. The first-order valence-electron chi connectivity index (χ1n) is 15.1. The topological polar surface area (TPSA) is 129 Å². The van der Waals surface area contributed by atoms with Crippen molar-refractivity contribution in [3.63, 3.8) is 0 Å². The van der Waals surface area contributed by atoms with Crippen LogP contribution in [0.15, 0.2) is 42.5 Å². The lowest BCUT2D eigenvalue weighted by atomic mass is 10.1. The summed E-state index contributed by atoms with van der Waals surface area (Å²) in [7, 11) is -1.75. The monoisotopic (exact) mass is 613 g/mol. The Hall–Kier alpha value is -3.19. The molecule has 0 radical (unpaired) electrons. The second-order valence-corrected chi connectivity index (χ2v) is 13.7. The summed E-state index contributed by atoms with van der Waals surface area (Å²) in [6.45, 7) is 5.29. The number of anilines is 1. The van der Waals surface area contributed by atoms with Crippen LogP contribution in [-0.2, 0) is 26.0 Å². The highest BCUT2D eigenvalue weighted by atomic mass is 32.2. The molecule has 234 valence electrons. The Bertz CT molecular complexity index is 1390. The molecule has 3 fully saturated rings. The summed E-state index contributed by atoms with van der Waals surface area (Å²) in [5.41, 5.74) is 2.87. The van der Waals surface area contributed by atoms with Crippen molar-refractivity contribution in [3.05, 3.63) is 53.6 Å². The molecule has 2 aliphatic heterocycles. The molecule has 1 aliphatic carbocycles. The highest BCUT2D eigenvalue weighted by Gasteiger charge is 2.30. The molecule has 2 heterocycles. The number of hydrogen-bond donors (Lipinski definition) is 3. The van der Waals surface area contributed by atoms with E-state index in [1.807, 2.05) is 31.2 Å². The zero-order valence-corrected chi connectivity index (χ0v) is 25.8. The Kier molecular flexibility index (Phi) is 10.2. The molecule has 1 saturated carbocycles. The van der Waals surface area contributed by atoms with E-state index < -0.39 is 22.0 Å². The van der Waals surface area contributed by atoms with Gasteiger partial charge in [-0.25, -0.2) is 12.7 Å². The number of ether oxygens (including phenoxy) is 2. The van der Waals surface area contributed by atoms with Gasteiger partial charge in [-0.05, 0) is 50.3 Å². The molecule has 12 heteroatoms. The maximum atomic E-state index is 12.9. The predicted octanol–water partition coefficient (Wildman–Crippen LogP) is 1.59. The van der Waals surface area contributed by atoms with Crippen molar-refractivity contribution in [1.82, 2.24) is 20.3 Å². The number of methoxy groups -OCH3 is 1. The van der Waals surface area contributed by atoms with Crippen LogP contribution in [0.25, 0.3) is 0 Å². The van der Waals surface area contributed by atoms with Gasteiger partial charge in [-0.15, -0.1) is 0 Å². The van der Waals surface area contributed by atoms with Crippen LogP contribution in [0.3, 0.4) is 0 Å². The van der Waals surface area contributed by atoms with Crippen molar-refractivity contribution in [2.75, 3.05) is 57.0 Å². The molecule has 0 aromatic heterocycles. The summed E-state index contributed by atoms with van der Waals surface area (Å²) in [4.78, 5) is 27.9. The molecule has 3 aliphatic rings. The number of para-hydroxylation sites is 1. The number of sulfonamides is 1. The van der Waals surface area contributed by atoms with Crippen molar-refractivity contribution in [3.8, 4) is 11.5 Å². The van der Waals surface area contributed by atoms with E-state index in [0.29, 0.717) is 68.7 Å². The Labute approximate surface area is 254 Å². The number of nitrogens with one attached hydrogen (secondary N) is 3. The van der Waals surface area contributed by atoms with Gasteiger partial charge in [0, 0.05) is 62.6 Å². The largest absolute Gasteiger partial charge is 0.496 e. The molecule has 2 saturated heterocycles. The van der Waals surface area contributed by atoms with E-state index in [0.717, 1.165) is 30.6 Å². The zero-order chi connectivity index (χ0) is 30.4. The Balaban J connectivity index is 1.09. The van der Waals surface area contributed by atoms with Gasteiger partial charge in [0.2, 0.25) is 21.8 Å². The first-order valence-corrected chi connectivity index (χ1v) is 16.7. The lowest BCUT2D eigenvalue weighted by molar-refractivity contribution is -0.131. The normalized spacial score (nSPS) is 20.0. The average molecular weight is 614 g/mol. The molecule has 43 heavy (non-hydrogen) atoms. The average Bonchev–Trinajstić information content (AvgIpc) is 3.83. The second kappa shape index (κ2) is 14.1. The number of nitrogens with zero attached hydrogens (tertiary/aromatic N) is 2. The summed E-state index contributed by atoms with van der Waals surface area (Å²) in [6.07, 6.45) is 3.33. The van der Waals surface area contributed by atoms with Crippen molar-refractivity contribution in [2.45, 2.75) is 57.2 Å². The summed E-state index contributed by atoms with van der Waals surface area (Å²) in [5.74, 6) is 0.442. The number of carbonyl (C=O) groups excluding carboxylic acids is 2. The van der Waals surface area contributed by atoms with Crippen LogP contribution < -0.4 is 30.3 Å². The summed E-state index contributed by atoms with van der Waals surface area (Å²) >= 11 is 0. The highest BCUT2D eigenvalue weighted by Crippen LogP contribution is 2.28. The fourth-order valence-corrected chi connectivity index (χ4v) is 7.08. The lowest BCUT2D eigenvalue weighted by Gasteiger charge is -2.35. The molecular weight excluding hydrogens is 570 g/mol. The molecule has 1 atom stereocenters. The van der Waals surface area contributed by atoms with Crippen LogP contribution in [0, 0.1) is 6.92 Å². The number of carbonyl (C=O) groups is 2. The predicted molar refractivity (Wildman–Crippen MR) is 165 cm³/mol. The lowest BCUT2D eigenvalue weighted by Crippen LogP contribution is -2.58. The maximum Gasteiger partial charge on any atom is 0.245 e. The highest BCUT2D eigenvalue weighted by molar-refractivity contribution is 7.89. The van der Waals surface area contributed by atoms with E-state index in [1.54, 1.807) is 22.5 Å². The van der Waals surface area contributed by atoms with Gasteiger partial charge in [0.25, 0.3) is 0 Å². The van der Waals surface area contributed by atoms with Gasteiger partial charge in [-0.1, -0.05) is 24.3 Å². The molecule has 0 spiro atoms. The molecular formula is C31H43N5O6S. The molecule has 0 bridgehead atoms. The molecule has 3 N–H and O–H groups in total. The third-order valence-corrected chi connectivity index (χ3v) is 10.2. The number of hydrogen-bond acceptors (Lipinski definition) is 9. The number of rotatable bonds is 12. The van der Waals surface area contributed by atoms with Crippen molar-refractivity contribution in [2.24, 2.45) is 0 Å². The zero-order valence-electron chi connectivity index (χ0n) is 25.0. The van der Waals surface area contributed by atoms with Gasteiger partial charge in [0.05, 0.1) is 19.3 Å². The number of amides is 2. The summed E-state index contributed by atoms with van der Waals surface area (Å²) in [6, 6.07) is 13.3. The van der Waals surface area contributed by atoms with Crippen LogP contribution in [0.2, 0.25) is 0 Å². The summed E-state index contributed by atoms with van der Waals surface area (Å²) < 4.78 is 38.6. The summed E-state index contributed by atoms with van der Waals surface area (Å²) in [5, 5.41) is 9.02. The third kappa shape index (κ3) is 8.47. The quantitative estimate of drug-likeness (QED) is 0.327. The van der Waals surface area contributed by atoms with Crippen molar-refractivity contribution < 1.29 is 27.5 Å². The van der Waals surface area contributed by atoms with E-state index in [-0.39, 0.29) is 24.2 Å². The van der Waals surface area contributed by atoms with Crippen LogP contribution in [0.1, 0.15) is 36.8 Å². The van der Waals surface area contributed by atoms with E-state index in [9.17, 15) is 18.0 Å². The molecule has 5 rings (SSSR count). The SMILES string of the molecule is COc1cc(OC2CCN(S(=O)(=O)CCNC3CC3)CC2)ccc1CC(=O)NC(=O)C1CN(c2ccccc2C)CCN1. The van der Waals surface area contributed by atoms with Crippen LogP contribution in [0.4, 0.5) is 5.69 Å².